The summed E-state index contributed by atoms with van der Waals surface area (Å²) in [6.45, 7) is 3.82. The van der Waals surface area contributed by atoms with Gasteiger partial charge in [0.2, 0.25) is 0 Å². The van der Waals surface area contributed by atoms with E-state index in [0.29, 0.717) is 23.5 Å². The number of nitrogens with zero attached hydrogens (tertiary/aromatic N) is 2. The number of aryl methyl sites for hydroxylation is 2. The number of hydrogen-bond donors (Lipinski definition) is 1. The minimum absolute atomic E-state index is 0.197. The molecule has 0 amide bonds. The molecule has 6 nitrogen and oxygen atoms in total. The van der Waals surface area contributed by atoms with Crippen molar-refractivity contribution in [2.24, 2.45) is 0 Å². The van der Waals surface area contributed by atoms with Gasteiger partial charge < -0.3 is 4.52 Å². The normalized spacial score (nSPS) is 11.4. The van der Waals surface area contributed by atoms with Crippen LogP contribution in [0.1, 0.15) is 18.3 Å². The van der Waals surface area contributed by atoms with Crippen molar-refractivity contribution in [3.8, 4) is 11.5 Å². The third kappa shape index (κ3) is 3.30. The molecule has 0 bridgehead atoms. The van der Waals surface area contributed by atoms with Crippen LogP contribution in [-0.4, -0.2) is 18.6 Å². The number of sulfonamides is 1. The van der Waals surface area contributed by atoms with Crippen LogP contribution in [0.15, 0.2) is 57.9 Å². The molecule has 0 aliphatic carbocycles. The van der Waals surface area contributed by atoms with Crippen LogP contribution in [0.4, 0.5) is 5.69 Å². The van der Waals surface area contributed by atoms with Gasteiger partial charge >= 0.3 is 0 Å². The fraction of sp³-hybridized carbons (Fsp3) is 0.176. The molecule has 0 saturated heterocycles. The van der Waals surface area contributed by atoms with Crippen LogP contribution < -0.4 is 4.72 Å². The number of para-hydroxylation sites is 1. The molecular weight excluding hydrogens is 326 g/mol. The van der Waals surface area contributed by atoms with E-state index in [1.807, 2.05) is 13.8 Å². The highest BCUT2D eigenvalue weighted by Gasteiger charge is 2.18. The van der Waals surface area contributed by atoms with Gasteiger partial charge in [-0.3, -0.25) is 4.72 Å². The summed E-state index contributed by atoms with van der Waals surface area (Å²) in [5, 5.41) is 3.85. The van der Waals surface area contributed by atoms with Crippen molar-refractivity contribution in [1.82, 2.24) is 10.1 Å². The molecule has 0 spiro atoms. The molecule has 0 unspecified atom stereocenters. The third-order valence-electron chi connectivity index (χ3n) is 3.52. The molecule has 1 N–H and O–H groups in total. The molecule has 1 aromatic heterocycles. The van der Waals surface area contributed by atoms with Crippen molar-refractivity contribution in [1.29, 1.82) is 0 Å². The fourth-order valence-corrected chi connectivity index (χ4v) is 3.27. The molecule has 0 aliphatic heterocycles. The van der Waals surface area contributed by atoms with E-state index in [1.165, 1.54) is 0 Å². The molecule has 0 atom stereocenters. The van der Waals surface area contributed by atoms with Crippen molar-refractivity contribution < 1.29 is 12.9 Å². The molecule has 0 fully saturated rings. The van der Waals surface area contributed by atoms with E-state index in [1.54, 1.807) is 48.5 Å². The summed E-state index contributed by atoms with van der Waals surface area (Å²) in [4.78, 5) is 4.46. The van der Waals surface area contributed by atoms with Crippen LogP contribution >= 0.6 is 0 Å². The quantitative estimate of drug-likeness (QED) is 0.767. The van der Waals surface area contributed by atoms with Crippen LogP contribution in [0.2, 0.25) is 0 Å². The Balaban J connectivity index is 1.97. The Kier molecular flexibility index (Phi) is 4.35. The summed E-state index contributed by atoms with van der Waals surface area (Å²) < 4.78 is 33.0. The van der Waals surface area contributed by atoms with E-state index in [4.69, 9.17) is 4.52 Å². The highest BCUT2D eigenvalue weighted by molar-refractivity contribution is 7.92. The maximum atomic E-state index is 12.6. The molecule has 3 aromatic rings. The first-order valence-corrected chi connectivity index (χ1v) is 8.99. The molecule has 2 aromatic carbocycles. The molecule has 3 rings (SSSR count). The minimum atomic E-state index is -3.70. The van der Waals surface area contributed by atoms with Crippen LogP contribution in [0.3, 0.4) is 0 Å². The Labute approximate surface area is 140 Å². The average molecular weight is 343 g/mol. The van der Waals surface area contributed by atoms with Gasteiger partial charge in [0.1, 0.15) is 0 Å². The fourth-order valence-electron chi connectivity index (χ4n) is 2.19. The van der Waals surface area contributed by atoms with Gasteiger partial charge in [0.15, 0.2) is 5.82 Å². The lowest BCUT2D eigenvalue weighted by Gasteiger charge is -2.10. The number of aromatic nitrogens is 2. The second kappa shape index (κ2) is 6.45. The van der Waals surface area contributed by atoms with Gasteiger partial charge in [-0.2, -0.15) is 4.98 Å². The average Bonchev–Trinajstić information content (AvgIpc) is 3.04. The summed E-state index contributed by atoms with van der Waals surface area (Å²) in [5.74, 6) is 0.857. The van der Waals surface area contributed by atoms with Crippen LogP contribution in [-0.2, 0) is 16.4 Å². The molecule has 124 valence electrons. The number of anilines is 1. The Bertz CT molecular complexity index is 947. The molecule has 7 heteroatoms. The maximum Gasteiger partial charge on any atom is 0.261 e. The summed E-state index contributed by atoms with van der Waals surface area (Å²) in [7, 11) is -3.70. The minimum Gasteiger partial charge on any atom is -0.334 e. The Morgan fingerprint density at radius 2 is 1.79 bits per heavy atom. The number of nitrogens with one attached hydrogen (secondary N) is 1. The maximum absolute atomic E-state index is 12.6. The van der Waals surface area contributed by atoms with Gasteiger partial charge in [0.25, 0.3) is 15.9 Å². The molecule has 0 aliphatic rings. The molecule has 1 heterocycles. The molecule has 0 radical (unpaired) electrons. The first kappa shape index (κ1) is 16.2. The smallest absolute Gasteiger partial charge is 0.261 e. The zero-order chi connectivity index (χ0) is 17.2. The van der Waals surface area contributed by atoms with E-state index < -0.39 is 10.0 Å². The largest absolute Gasteiger partial charge is 0.334 e. The third-order valence-corrected chi connectivity index (χ3v) is 4.90. The lowest BCUT2D eigenvalue weighted by Crippen LogP contribution is -2.13. The monoisotopic (exact) mass is 343 g/mol. The molecule has 24 heavy (non-hydrogen) atoms. The predicted molar refractivity (Wildman–Crippen MR) is 91.1 cm³/mol. The van der Waals surface area contributed by atoms with Crippen molar-refractivity contribution in [2.75, 3.05) is 4.72 Å². The van der Waals surface area contributed by atoms with Gasteiger partial charge in [-0.1, -0.05) is 41.9 Å². The Hall–Kier alpha value is -2.67. The van der Waals surface area contributed by atoms with Gasteiger partial charge in [-0.15, -0.1) is 0 Å². The van der Waals surface area contributed by atoms with Crippen molar-refractivity contribution in [3.05, 3.63) is 59.9 Å². The van der Waals surface area contributed by atoms with E-state index in [0.717, 1.165) is 5.56 Å². The standard InChI is InChI=1S/C17H17N3O3S/c1-3-16-18-17(23-19-16)14-6-4-5-7-15(14)20-24(21,22)13-10-8-12(2)9-11-13/h4-11,20H,3H2,1-2H3. The topological polar surface area (TPSA) is 85.1 Å². The van der Waals surface area contributed by atoms with Crippen molar-refractivity contribution in [3.63, 3.8) is 0 Å². The summed E-state index contributed by atoms with van der Waals surface area (Å²) in [6, 6.07) is 13.6. The summed E-state index contributed by atoms with van der Waals surface area (Å²) >= 11 is 0. The van der Waals surface area contributed by atoms with Gasteiger partial charge in [0.05, 0.1) is 16.1 Å². The molecular formula is C17H17N3O3S. The lowest BCUT2D eigenvalue weighted by molar-refractivity contribution is 0.423. The van der Waals surface area contributed by atoms with Crippen LogP contribution in [0.25, 0.3) is 11.5 Å². The second-order valence-electron chi connectivity index (χ2n) is 5.33. The summed E-state index contributed by atoms with van der Waals surface area (Å²) in [6.07, 6.45) is 0.640. The number of hydrogen-bond acceptors (Lipinski definition) is 5. The van der Waals surface area contributed by atoms with Crippen LogP contribution in [0.5, 0.6) is 0 Å². The SMILES string of the molecule is CCc1noc(-c2ccccc2NS(=O)(=O)c2ccc(C)cc2)n1. The van der Waals surface area contributed by atoms with Crippen molar-refractivity contribution >= 4 is 15.7 Å². The predicted octanol–water partition coefficient (Wildman–Crippen LogP) is 3.41. The lowest BCUT2D eigenvalue weighted by atomic mass is 10.2. The first-order chi connectivity index (χ1) is 11.5. The van der Waals surface area contributed by atoms with E-state index in [9.17, 15) is 8.42 Å². The van der Waals surface area contributed by atoms with Crippen LogP contribution in [0, 0.1) is 6.92 Å². The highest BCUT2D eigenvalue weighted by Crippen LogP contribution is 2.28. The zero-order valence-corrected chi connectivity index (χ0v) is 14.2. The number of benzene rings is 2. The summed E-state index contributed by atoms with van der Waals surface area (Å²) in [5.41, 5.74) is 1.93. The number of rotatable bonds is 5. The van der Waals surface area contributed by atoms with E-state index >= 15 is 0 Å². The molecule has 0 saturated carbocycles. The Morgan fingerprint density at radius 1 is 1.08 bits per heavy atom. The first-order valence-electron chi connectivity index (χ1n) is 7.51. The Morgan fingerprint density at radius 3 is 2.46 bits per heavy atom. The van der Waals surface area contributed by atoms with E-state index in [-0.39, 0.29) is 10.8 Å². The highest BCUT2D eigenvalue weighted by atomic mass is 32.2. The van der Waals surface area contributed by atoms with Crippen molar-refractivity contribution in [2.45, 2.75) is 25.2 Å². The van der Waals surface area contributed by atoms with Gasteiger partial charge in [0, 0.05) is 6.42 Å². The second-order valence-corrected chi connectivity index (χ2v) is 7.02. The van der Waals surface area contributed by atoms with E-state index in [2.05, 4.69) is 14.9 Å². The van der Waals surface area contributed by atoms with Gasteiger partial charge in [-0.25, -0.2) is 8.42 Å². The zero-order valence-electron chi connectivity index (χ0n) is 13.4. The van der Waals surface area contributed by atoms with Gasteiger partial charge in [-0.05, 0) is 31.2 Å².